The SMILES string of the molecule is Cc1ccc(Nc2nc(NN=Cc3cc([N+](=O)[O-])ccc3O)nc(-n3nc(C)cc3C)n2)cc1. The summed E-state index contributed by atoms with van der Waals surface area (Å²) in [6, 6.07) is 13.3. The van der Waals surface area contributed by atoms with Crippen LogP contribution in [-0.2, 0) is 0 Å². The number of benzene rings is 2. The van der Waals surface area contributed by atoms with E-state index in [9.17, 15) is 15.2 Å². The molecule has 0 aliphatic rings. The van der Waals surface area contributed by atoms with Gasteiger partial charge in [0.15, 0.2) is 0 Å². The van der Waals surface area contributed by atoms with Gasteiger partial charge in [0, 0.05) is 29.1 Å². The van der Waals surface area contributed by atoms with Gasteiger partial charge in [-0.25, -0.2) is 10.1 Å². The summed E-state index contributed by atoms with van der Waals surface area (Å²) in [5.74, 6) is 0.480. The average molecular weight is 459 g/mol. The Morgan fingerprint density at radius 1 is 1.03 bits per heavy atom. The van der Waals surface area contributed by atoms with Crippen LogP contribution in [0.2, 0.25) is 0 Å². The van der Waals surface area contributed by atoms with E-state index in [4.69, 9.17) is 0 Å². The molecule has 3 N–H and O–H groups in total. The Labute approximate surface area is 194 Å². The van der Waals surface area contributed by atoms with Crippen molar-refractivity contribution in [3.05, 3.63) is 81.2 Å². The second-order valence-corrected chi connectivity index (χ2v) is 7.48. The number of anilines is 3. The van der Waals surface area contributed by atoms with Crippen molar-refractivity contribution in [2.45, 2.75) is 20.8 Å². The monoisotopic (exact) mass is 459 g/mol. The molecule has 0 fully saturated rings. The van der Waals surface area contributed by atoms with Crippen LogP contribution < -0.4 is 10.7 Å². The van der Waals surface area contributed by atoms with E-state index in [0.29, 0.717) is 0 Å². The molecule has 0 spiro atoms. The summed E-state index contributed by atoms with van der Waals surface area (Å²) in [6.45, 7) is 5.74. The van der Waals surface area contributed by atoms with E-state index in [-0.39, 0.29) is 34.8 Å². The van der Waals surface area contributed by atoms with E-state index in [1.807, 2.05) is 51.1 Å². The van der Waals surface area contributed by atoms with Crippen molar-refractivity contribution in [2.75, 3.05) is 10.7 Å². The number of hydrogen-bond donors (Lipinski definition) is 3. The number of nitro groups is 1. The highest BCUT2D eigenvalue weighted by Gasteiger charge is 2.13. The first-order valence-electron chi connectivity index (χ1n) is 10.2. The highest BCUT2D eigenvalue weighted by Crippen LogP contribution is 2.21. The van der Waals surface area contributed by atoms with E-state index in [1.165, 1.54) is 24.4 Å². The molecular formula is C22H21N9O3. The molecule has 0 radical (unpaired) electrons. The number of phenolic OH excluding ortho intramolecular Hbond substituents is 1. The Hall–Kier alpha value is -4.87. The zero-order valence-electron chi connectivity index (χ0n) is 18.6. The molecule has 0 saturated heterocycles. The van der Waals surface area contributed by atoms with E-state index in [1.54, 1.807) is 4.68 Å². The lowest BCUT2D eigenvalue weighted by molar-refractivity contribution is -0.384. The third kappa shape index (κ3) is 5.12. The molecule has 2 aromatic carbocycles. The fraction of sp³-hybridized carbons (Fsp3) is 0.136. The molecular weight excluding hydrogens is 438 g/mol. The van der Waals surface area contributed by atoms with Crippen molar-refractivity contribution >= 4 is 29.5 Å². The lowest BCUT2D eigenvalue weighted by Gasteiger charge is -2.10. The van der Waals surface area contributed by atoms with Gasteiger partial charge < -0.3 is 10.4 Å². The van der Waals surface area contributed by atoms with Crippen LogP contribution in [-0.4, -0.2) is 41.0 Å². The molecule has 0 atom stereocenters. The third-order valence-electron chi connectivity index (χ3n) is 4.72. The van der Waals surface area contributed by atoms with Crippen molar-refractivity contribution in [3.8, 4) is 11.7 Å². The average Bonchev–Trinajstić information content (AvgIpc) is 3.14. The molecule has 4 aromatic rings. The second-order valence-electron chi connectivity index (χ2n) is 7.48. The van der Waals surface area contributed by atoms with Gasteiger partial charge in [-0.15, -0.1) is 0 Å². The number of hydrogen-bond acceptors (Lipinski definition) is 10. The molecule has 0 bridgehead atoms. The summed E-state index contributed by atoms with van der Waals surface area (Å²) in [7, 11) is 0. The van der Waals surface area contributed by atoms with Gasteiger partial charge in [-0.05, 0) is 45.0 Å². The smallest absolute Gasteiger partial charge is 0.270 e. The Morgan fingerprint density at radius 3 is 2.44 bits per heavy atom. The minimum absolute atomic E-state index is 0.105. The first kappa shape index (κ1) is 22.3. The Balaban J connectivity index is 1.65. The van der Waals surface area contributed by atoms with E-state index >= 15 is 0 Å². The summed E-state index contributed by atoms with van der Waals surface area (Å²) in [5.41, 5.74) is 6.22. The van der Waals surface area contributed by atoms with E-state index in [0.717, 1.165) is 22.6 Å². The van der Waals surface area contributed by atoms with Gasteiger partial charge >= 0.3 is 0 Å². The van der Waals surface area contributed by atoms with Crippen molar-refractivity contribution < 1.29 is 10.0 Å². The number of nitro benzene ring substituents is 1. The Bertz CT molecular complexity index is 1380. The lowest BCUT2D eigenvalue weighted by atomic mass is 10.2. The number of hydrazone groups is 1. The molecule has 0 aliphatic heterocycles. The molecule has 172 valence electrons. The number of aromatic nitrogens is 5. The lowest BCUT2D eigenvalue weighted by Crippen LogP contribution is -2.11. The highest BCUT2D eigenvalue weighted by atomic mass is 16.6. The predicted molar refractivity (Wildman–Crippen MR) is 127 cm³/mol. The number of rotatable bonds is 7. The fourth-order valence-electron chi connectivity index (χ4n) is 3.08. The summed E-state index contributed by atoms with van der Waals surface area (Å²) < 4.78 is 1.58. The summed E-state index contributed by atoms with van der Waals surface area (Å²) in [4.78, 5) is 23.6. The quantitative estimate of drug-likeness (QED) is 0.212. The van der Waals surface area contributed by atoms with Crippen molar-refractivity contribution in [1.29, 1.82) is 0 Å². The maximum absolute atomic E-state index is 11.0. The van der Waals surface area contributed by atoms with Gasteiger partial charge in [-0.2, -0.15) is 25.2 Å². The third-order valence-corrected chi connectivity index (χ3v) is 4.72. The number of nitrogens with one attached hydrogen (secondary N) is 2. The fourth-order valence-corrected chi connectivity index (χ4v) is 3.08. The molecule has 0 aliphatic carbocycles. The largest absolute Gasteiger partial charge is 0.507 e. The van der Waals surface area contributed by atoms with Gasteiger partial charge in [-0.3, -0.25) is 10.1 Å². The maximum Gasteiger partial charge on any atom is 0.270 e. The van der Waals surface area contributed by atoms with Crippen LogP contribution in [0.25, 0.3) is 5.95 Å². The molecule has 34 heavy (non-hydrogen) atoms. The van der Waals surface area contributed by atoms with Crippen LogP contribution in [0.15, 0.2) is 53.6 Å². The van der Waals surface area contributed by atoms with Gasteiger partial charge in [0.2, 0.25) is 11.9 Å². The van der Waals surface area contributed by atoms with Crippen molar-refractivity contribution in [2.24, 2.45) is 5.10 Å². The van der Waals surface area contributed by atoms with Crippen LogP contribution in [0.1, 0.15) is 22.5 Å². The number of aryl methyl sites for hydroxylation is 3. The van der Waals surface area contributed by atoms with Crippen molar-refractivity contribution in [1.82, 2.24) is 24.7 Å². The van der Waals surface area contributed by atoms with Crippen LogP contribution in [0.4, 0.5) is 23.3 Å². The standard InChI is InChI=1S/C22H21N9O3/c1-13-4-6-17(7-5-13)24-20-25-21(27-22(26-20)30-15(3)10-14(2)29-30)28-23-12-16-11-18(31(33)34)8-9-19(16)32/h4-12,32H,1-3H3,(H2,24,25,26,27,28). The number of nitrogens with zero attached hydrogens (tertiary/aromatic N) is 7. The van der Waals surface area contributed by atoms with Crippen LogP contribution >= 0.6 is 0 Å². The van der Waals surface area contributed by atoms with Gasteiger partial charge in [0.25, 0.3) is 11.6 Å². The topological polar surface area (TPSA) is 156 Å². The van der Waals surface area contributed by atoms with Crippen LogP contribution in [0.5, 0.6) is 5.75 Å². The summed E-state index contributed by atoms with van der Waals surface area (Å²) in [6.07, 6.45) is 1.24. The van der Waals surface area contributed by atoms with Crippen molar-refractivity contribution in [3.63, 3.8) is 0 Å². The first-order valence-corrected chi connectivity index (χ1v) is 10.2. The molecule has 2 heterocycles. The minimum atomic E-state index is -0.556. The first-order chi connectivity index (χ1) is 16.3. The number of aromatic hydroxyl groups is 1. The highest BCUT2D eigenvalue weighted by molar-refractivity contribution is 5.84. The van der Waals surface area contributed by atoms with Gasteiger partial charge in [-0.1, -0.05) is 17.7 Å². The molecule has 0 saturated carbocycles. The molecule has 0 amide bonds. The Morgan fingerprint density at radius 2 is 1.76 bits per heavy atom. The molecule has 12 nitrogen and oxygen atoms in total. The summed E-state index contributed by atoms with van der Waals surface area (Å²) >= 11 is 0. The number of non-ortho nitro benzene ring substituents is 1. The zero-order valence-corrected chi connectivity index (χ0v) is 18.6. The minimum Gasteiger partial charge on any atom is -0.507 e. The Kier molecular flexibility index (Phi) is 6.12. The van der Waals surface area contributed by atoms with Crippen LogP contribution in [0, 0.1) is 30.9 Å². The normalized spacial score (nSPS) is 11.0. The van der Waals surface area contributed by atoms with Gasteiger partial charge in [0.05, 0.1) is 16.8 Å². The molecule has 0 unspecified atom stereocenters. The van der Waals surface area contributed by atoms with E-state index in [2.05, 4.69) is 35.9 Å². The summed E-state index contributed by atoms with van der Waals surface area (Å²) in [5, 5.41) is 32.5. The van der Waals surface area contributed by atoms with Gasteiger partial charge in [0.1, 0.15) is 5.75 Å². The van der Waals surface area contributed by atoms with E-state index < -0.39 is 4.92 Å². The number of phenols is 1. The molecule has 12 heteroatoms. The zero-order chi connectivity index (χ0) is 24.2. The molecule has 4 rings (SSSR count). The maximum atomic E-state index is 11.0. The predicted octanol–water partition coefficient (Wildman–Crippen LogP) is 3.79. The second kappa shape index (κ2) is 9.32. The molecule has 2 aromatic heterocycles. The van der Waals surface area contributed by atoms with Crippen LogP contribution in [0.3, 0.4) is 0 Å².